The molecule has 1 aliphatic rings. The summed E-state index contributed by atoms with van der Waals surface area (Å²) in [5.41, 5.74) is 1.71. The van der Waals surface area contributed by atoms with Crippen molar-refractivity contribution in [1.82, 2.24) is 9.29 Å². The molecule has 0 spiro atoms. The molecule has 0 saturated carbocycles. The second kappa shape index (κ2) is 7.93. The lowest BCUT2D eigenvalue weighted by Gasteiger charge is -2.26. The van der Waals surface area contributed by atoms with Crippen molar-refractivity contribution in [3.8, 4) is 0 Å². The van der Waals surface area contributed by atoms with Crippen LogP contribution in [-0.2, 0) is 10.0 Å². The molecule has 2 heterocycles. The molecular weight excluding hydrogens is 386 g/mol. The lowest BCUT2D eigenvalue weighted by atomic mass is 10.1. The number of hydrogen-bond acceptors (Lipinski definition) is 4. The summed E-state index contributed by atoms with van der Waals surface area (Å²) in [6.07, 6.45) is 2.78. The van der Waals surface area contributed by atoms with Crippen molar-refractivity contribution >= 4 is 32.7 Å². The first-order valence-electron chi connectivity index (χ1n) is 9.73. The number of sulfonamides is 1. The first-order chi connectivity index (χ1) is 13.9. The monoisotopic (exact) mass is 409 g/mol. The van der Waals surface area contributed by atoms with E-state index in [-0.39, 0.29) is 10.8 Å². The number of anilines is 1. The summed E-state index contributed by atoms with van der Waals surface area (Å²) < 4.78 is 27.7. The van der Waals surface area contributed by atoms with Crippen molar-refractivity contribution in [2.24, 2.45) is 0 Å². The Morgan fingerprint density at radius 1 is 1.00 bits per heavy atom. The highest BCUT2D eigenvalue weighted by Crippen LogP contribution is 2.25. The highest BCUT2D eigenvalue weighted by atomic mass is 32.2. The van der Waals surface area contributed by atoms with E-state index in [0.717, 1.165) is 30.2 Å². The van der Waals surface area contributed by atoms with Crippen LogP contribution in [0.5, 0.6) is 0 Å². The number of nitrogens with zero attached hydrogens (tertiary/aromatic N) is 2. The molecule has 0 aliphatic carbocycles. The molecule has 29 heavy (non-hydrogen) atoms. The third kappa shape index (κ3) is 4.02. The number of para-hydroxylation sites is 1. The Balaban J connectivity index is 1.61. The first-order valence-corrected chi connectivity index (χ1v) is 11.2. The fourth-order valence-corrected chi connectivity index (χ4v) is 5.36. The van der Waals surface area contributed by atoms with Gasteiger partial charge >= 0.3 is 0 Å². The molecule has 1 aliphatic heterocycles. The van der Waals surface area contributed by atoms with Crippen molar-refractivity contribution in [2.45, 2.75) is 31.1 Å². The van der Waals surface area contributed by atoms with Crippen LogP contribution < -0.4 is 5.32 Å². The molecule has 1 amide bonds. The molecule has 0 unspecified atom stereocenters. The average Bonchev–Trinajstić information content (AvgIpc) is 2.74. The Hall–Kier alpha value is -2.77. The standard InChI is InChI=1S/C22H23N3O3S/c1-16-9-10-18(15-20(16)29(27,28)25-13-5-2-6-14-25)22(26)24-21-12-11-17-7-3-4-8-19(17)23-21/h3-4,7-12,15H,2,5-6,13-14H2,1H3,(H,23,24,26). The van der Waals surface area contributed by atoms with E-state index in [2.05, 4.69) is 10.3 Å². The van der Waals surface area contributed by atoms with Crippen LogP contribution in [0.15, 0.2) is 59.5 Å². The molecule has 1 fully saturated rings. The Morgan fingerprint density at radius 2 is 1.76 bits per heavy atom. The molecule has 3 aromatic rings. The van der Waals surface area contributed by atoms with Gasteiger partial charge in [0.15, 0.2) is 0 Å². The number of fused-ring (bicyclic) bond motifs is 1. The lowest BCUT2D eigenvalue weighted by Crippen LogP contribution is -2.36. The summed E-state index contributed by atoms with van der Waals surface area (Å²) in [6, 6.07) is 16.1. The highest BCUT2D eigenvalue weighted by Gasteiger charge is 2.28. The Morgan fingerprint density at radius 3 is 2.55 bits per heavy atom. The van der Waals surface area contributed by atoms with Crippen LogP contribution in [0.3, 0.4) is 0 Å². The molecule has 7 heteroatoms. The Labute approximate surface area is 170 Å². The van der Waals surface area contributed by atoms with Gasteiger partial charge in [0, 0.05) is 24.0 Å². The predicted octanol–water partition coefficient (Wildman–Crippen LogP) is 3.97. The quantitative estimate of drug-likeness (QED) is 0.707. The number of carbonyl (C=O) groups is 1. The normalized spacial score (nSPS) is 15.3. The molecule has 0 bridgehead atoms. The fourth-order valence-electron chi connectivity index (χ4n) is 3.59. The van der Waals surface area contributed by atoms with Crippen molar-refractivity contribution < 1.29 is 13.2 Å². The van der Waals surface area contributed by atoms with Gasteiger partial charge in [0.1, 0.15) is 5.82 Å². The molecule has 0 atom stereocenters. The number of aromatic nitrogens is 1. The number of benzene rings is 2. The third-order valence-corrected chi connectivity index (χ3v) is 7.26. The zero-order valence-electron chi connectivity index (χ0n) is 16.3. The van der Waals surface area contributed by atoms with Gasteiger partial charge in [0.05, 0.1) is 10.4 Å². The summed E-state index contributed by atoms with van der Waals surface area (Å²) >= 11 is 0. The largest absolute Gasteiger partial charge is 0.307 e. The third-order valence-electron chi connectivity index (χ3n) is 5.22. The molecule has 1 N–H and O–H groups in total. The SMILES string of the molecule is Cc1ccc(C(=O)Nc2ccc3ccccc3n2)cc1S(=O)(=O)N1CCCCC1. The van der Waals surface area contributed by atoms with Crippen LogP contribution in [0.25, 0.3) is 10.9 Å². The van der Waals surface area contributed by atoms with Crippen molar-refractivity contribution in [2.75, 3.05) is 18.4 Å². The lowest BCUT2D eigenvalue weighted by molar-refractivity contribution is 0.102. The van der Waals surface area contributed by atoms with Crippen molar-refractivity contribution in [1.29, 1.82) is 0 Å². The van der Waals surface area contributed by atoms with E-state index in [9.17, 15) is 13.2 Å². The topological polar surface area (TPSA) is 79.4 Å². The van der Waals surface area contributed by atoms with Crippen LogP contribution in [0.4, 0.5) is 5.82 Å². The van der Waals surface area contributed by atoms with E-state index in [1.165, 1.54) is 10.4 Å². The van der Waals surface area contributed by atoms with Gasteiger partial charge in [0.2, 0.25) is 10.0 Å². The molecule has 150 valence electrons. The van der Waals surface area contributed by atoms with Crippen LogP contribution in [0, 0.1) is 6.92 Å². The molecule has 6 nitrogen and oxygen atoms in total. The molecule has 1 aromatic heterocycles. The van der Waals surface area contributed by atoms with Gasteiger partial charge in [-0.1, -0.05) is 30.7 Å². The van der Waals surface area contributed by atoms with Crippen LogP contribution in [0.2, 0.25) is 0 Å². The summed E-state index contributed by atoms with van der Waals surface area (Å²) in [5, 5.41) is 3.75. The number of piperidine rings is 1. The van der Waals surface area contributed by atoms with E-state index in [1.54, 1.807) is 25.1 Å². The summed E-state index contributed by atoms with van der Waals surface area (Å²) in [7, 11) is -3.61. The maximum Gasteiger partial charge on any atom is 0.256 e. The van der Waals surface area contributed by atoms with Gasteiger partial charge in [-0.2, -0.15) is 4.31 Å². The second-order valence-corrected chi connectivity index (χ2v) is 9.19. The van der Waals surface area contributed by atoms with Gasteiger partial charge in [-0.3, -0.25) is 4.79 Å². The smallest absolute Gasteiger partial charge is 0.256 e. The first kappa shape index (κ1) is 19.5. The van der Waals surface area contributed by atoms with Crippen molar-refractivity contribution in [3.63, 3.8) is 0 Å². The second-order valence-electron chi connectivity index (χ2n) is 7.29. The average molecular weight is 410 g/mol. The molecule has 0 radical (unpaired) electrons. The minimum Gasteiger partial charge on any atom is -0.307 e. The van der Waals surface area contributed by atoms with Gasteiger partial charge in [-0.15, -0.1) is 0 Å². The summed E-state index contributed by atoms with van der Waals surface area (Å²) in [6.45, 7) is 2.81. The molecular formula is C22H23N3O3S. The Bertz CT molecular complexity index is 1170. The summed E-state index contributed by atoms with van der Waals surface area (Å²) in [4.78, 5) is 17.4. The minimum absolute atomic E-state index is 0.193. The maximum atomic E-state index is 13.1. The highest BCUT2D eigenvalue weighted by molar-refractivity contribution is 7.89. The van der Waals surface area contributed by atoms with Crippen LogP contribution >= 0.6 is 0 Å². The number of pyridine rings is 1. The number of hydrogen-bond donors (Lipinski definition) is 1. The van der Waals surface area contributed by atoms with Gasteiger partial charge in [-0.25, -0.2) is 13.4 Å². The Kier molecular flexibility index (Phi) is 5.34. The predicted molar refractivity (Wildman–Crippen MR) is 113 cm³/mol. The van der Waals surface area contributed by atoms with Crippen molar-refractivity contribution in [3.05, 3.63) is 65.7 Å². The minimum atomic E-state index is -3.61. The molecule has 2 aromatic carbocycles. The number of aryl methyl sites for hydroxylation is 1. The van der Waals surface area contributed by atoms with Crippen LogP contribution in [-0.4, -0.2) is 36.7 Å². The number of carbonyl (C=O) groups excluding carboxylic acids is 1. The number of nitrogens with one attached hydrogen (secondary N) is 1. The number of rotatable bonds is 4. The zero-order chi connectivity index (χ0) is 20.4. The summed E-state index contributed by atoms with van der Waals surface area (Å²) in [5.74, 6) is 0.0394. The molecule has 4 rings (SSSR count). The van der Waals surface area contributed by atoms with Gasteiger partial charge in [0.25, 0.3) is 5.91 Å². The maximum absolute atomic E-state index is 13.1. The zero-order valence-corrected chi connectivity index (χ0v) is 17.1. The van der Waals surface area contributed by atoms with Gasteiger partial charge in [-0.05, 0) is 55.7 Å². The van der Waals surface area contributed by atoms with E-state index < -0.39 is 10.0 Å². The van der Waals surface area contributed by atoms with Gasteiger partial charge < -0.3 is 5.32 Å². The molecule has 1 saturated heterocycles. The van der Waals surface area contributed by atoms with E-state index in [0.29, 0.717) is 30.0 Å². The van der Waals surface area contributed by atoms with Crippen LogP contribution in [0.1, 0.15) is 35.2 Å². The number of amides is 1. The van der Waals surface area contributed by atoms with E-state index >= 15 is 0 Å². The fraction of sp³-hybridized carbons (Fsp3) is 0.273. The van der Waals surface area contributed by atoms with E-state index in [1.807, 2.05) is 30.3 Å². The van der Waals surface area contributed by atoms with E-state index in [4.69, 9.17) is 0 Å².